The van der Waals surface area contributed by atoms with Crippen molar-refractivity contribution in [3.8, 4) is 0 Å². The van der Waals surface area contributed by atoms with E-state index < -0.39 is 49.3 Å². The van der Waals surface area contributed by atoms with E-state index in [9.17, 15) is 15.0 Å². The van der Waals surface area contributed by atoms with Crippen LogP contribution in [0.15, 0.2) is 0 Å². The summed E-state index contributed by atoms with van der Waals surface area (Å²) in [6.07, 6.45) is -5.02. The predicted molar refractivity (Wildman–Crippen MR) is 64.6 cm³/mol. The van der Waals surface area contributed by atoms with Gasteiger partial charge in [-0.3, -0.25) is 4.79 Å². The predicted octanol–water partition coefficient (Wildman–Crippen LogP) is -2.72. The van der Waals surface area contributed by atoms with E-state index in [4.69, 9.17) is 26.0 Å². The third-order valence-corrected chi connectivity index (χ3v) is 3.15. The van der Waals surface area contributed by atoms with Gasteiger partial charge in [0.15, 0.2) is 0 Å². The Morgan fingerprint density at radius 2 is 1.95 bits per heavy atom. The number of aliphatic hydroxyl groups excluding tert-OH is 3. The van der Waals surface area contributed by atoms with Gasteiger partial charge in [-0.2, -0.15) is 0 Å². The molecule has 0 spiro atoms. The van der Waals surface area contributed by atoms with Crippen molar-refractivity contribution < 1.29 is 29.6 Å². The van der Waals surface area contributed by atoms with Crippen LogP contribution < -0.4 is 11.5 Å². The highest BCUT2D eigenvalue weighted by molar-refractivity contribution is 5.75. The largest absolute Gasteiger partial charge is 0.433 e. The van der Waals surface area contributed by atoms with Crippen molar-refractivity contribution in [2.75, 3.05) is 6.61 Å². The van der Waals surface area contributed by atoms with Crippen LogP contribution in [-0.4, -0.2) is 64.6 Å². The lowest BCUT2D eigenvalue weighted by molar-refractivity contribution is -0.260. The number of hydrogen-bond donors (Lipinski definition) is 5. The lowest BCUT2D eigenvalue weighted by atomic mass is 9.98. The summed E-state index contributed by atoms with van der Waals surface area (Å²) in [5.41, 5.74) is 11.2. The number of esters is 1. The highest BCUT2D eigenvalue weighted by atomic mass is 16.7. The molecular formula is C11H22N2O6. The van der Waals surface area contributed by atoms with Crippen LogP contribution in [0.5, 0.6) is 0 Å². The van der Waals surface area contributed by atoms with E-state index in [0.717, 1.165) is 0 Å². The monoisotopic (exact) mass is 278 g/mol. The van der Waals surface area contributed by atoms with Gasteiger partial charge in [0.25, 0.3) is 0 Å². The molecule has 1 aliphatic rings. The molecule has 8 nitrogen and oxygen atoms in total. The average molecular weight is 278 g/mol. The third-order valence-electron chi connectivity index (χ3n) is 3.15. The van der Waals surface area contributed by atoms with Crippen LogP contribution in [0.25, 0.3) is 0 Å². The molecule has 1 heterocycles. The molecule has 7 N–H and O–H groups in total. The first-order chi connectivity index (χ1) is 8.79. The van der Waals surface area contributed by atoms with Crippen molar-refractivity contribution in [1.82, 2.24) is 0 Å². The van der Waals surface area contributed by atoms with Gasteiger partial charge in [-0.25, -0.2) is 0 Å². The standard InChI is InChI=1S/C11H22N2O6/c1-4(2)6(12)10(17)19-11-7(13)9(16)8(15)5(3-14)18-11/h4-9,11,14-16H,3,12-13H2,1-2H3/t5-,6?,7-,8-,9-,11?/m1/s1. The molecule has 8 heteroatoms. The van der Waals surface area contributed by atoms with Gasteiger partial charge < -0.3 is 36.3 Å². The Labute approximate surface area is 111 Å². The van der Waals surface area contributed by atoms with Crippen molar-refractivity contribution in [2.45, 2.75) is 50.5 Å². The number of nitrogens with two attached hydrogens (primary N) is 2. The summed E-state index contributed by atoms with van der Waals surface area (Å²) in [5.74, 6) is -0.841. The molecule has 0 bridgehead atoms. The molecule has 0 amide bonds. The van der Waals surface area contributed by atoms with Crippen LogP contribution in [0, 0.1) is 5.92 Å². The second-order valence-corrected chi connectivity index (χ2v) is 4.99. The van der Waals surface area contributed by atoms with E-state index in [1.807, 2.05) is 0 Å². The van der Waals surface area contributed by atoms with Crippen LogP contribution in [0.2, 0.25) is 0 Å². The Morgan fingerprint density at radius 3 is 2.42 bits per heavy atom. The van der Waals surface area contributed by atoms with Crippen molar-refractivity contribution in [3.63, 3.8) is 0 Å². The zero-order chi connectivity index (χ0) is 14.7. The molecule has 1 fully saturated rings. The van der Waals surface area contributed by atoms with Gasteiger partial charge in [0.05, 0.1) is 12.6 Å². The normalized spacial score (nSPS) is 37.2. The maximum absolute atomic E-state index is 11.7. The van der Waals surface area contributed by atoms with Gasteiger partial charge >= 0.3 is 5.97 Å². The maximum atomic E-state index is 11.7. The summed E-state index contributed by atoms with van der Waals surface area (Å²) in [5, 5.41) is 28.3. The van der Waals surface area contributed by atoms with E-state index in [1.54, 1.807) is 13.8 Å². The van der Waals surface area contributed by atoms with Crippen LogP contribution in [0.1, 0.15) is 13.8 Å². The van der Waals surface area contributed by atoms with Gasteiger partial charge in [0, 0.05) is 0 Å². The zero-order valence-electron chi connectivity index (χ0n) is 11.0. The lowest BCUT2D eigenvalue weighted by Crippen LogP contribution is -2.63. The minimum absolute atomic E-state index is 0.128. The Bertz CT molecular complexity index is 312. The number of carbonyl (C=O) groups excluding carboxylic acids is 1. The van der Waals surface area contributed by atoms with Crippen LogP contribution >= 0.6 is 0 Å². The van der Waals surface area contributed by atoms with Crippen LogP contribution in [0.4, 0.5) is 0 Å². The fourth-order valence-corrected chi connectivity index (χ4v) is 1.67. The number of ether oxygens (including phenoxy) is 2. The first-order valence-electron chi connectivity index (χ1n) is 6.13. The minimum Gasteiger partial charge on any atom is -0.433 e. The van der Waals surface area contributed by atoms with Crippen molar-refractivity contribution in [3.05, 3.63) is 0 Å². The molecule has 19 heavy (non-hydrogen) atoms. The zero-order valence-corrected chi connectivity index (χ0v) is 11.0. The molecule has 0 aromatic rings. The van der Waals surface area contributed by atoms with Gasteiger partial charge in [0.1, 0.15) is 24.4 Å². The molecule has 2 unspecified atom stereocenters. The summed E-state index contributed by atoms with van der Waals surface area (Å²) in [6.45, 7) is 2.97. The van der Waals surface area contributed by atoms with Crippen molar-refractivity contribution in [1.29, 1.82) is 0 Å². The topological polar surface area (TPSA) is 148 Å². The quantitative estimate of drug-likeness (QED) is 0.348. The molecule has 0 aliphatic carbocycles. The SMILES string of the molecule is CC(C)C(N)C(=O)OC1O[C@H](CO)[C@@H](O)[C@H](O)[C@H]1N. The van der Waals surface area contributed by atoms with Crippen LogP contribution in [-0.2, 0) is 14.3 Å². The van der Waals surface area contributed by atoms with Gasteiger partial charge in [-0.1, -0.05) is 13.8 Å². The molecule has 1 aliphatic heterocycles. The molecule has 112 valence electrons. The van der Waals surface area contributed by atoms with E-state index >= 15 is 0 Å². The molecule has 1 saturated heterocycles. The molecule has 0 aromatic heterocycles. The fraction of sp³-hybridized carbons (Fsp3) is 0.909. The van der Waals surface area contributed by atoms with Gasteiger partial charge in [0.2, 0.25) is 6.29 Å². The minimum atomic E-state index is -1.36. The third kappa shape index (κ3) is 3.62. The summed E-state index contributed by atoms with van der Waals surface area (Å²) in [7, 11) is 0. The van der Waals surface area contributed by atoms with Gasteiger partial charge in [-0.15, -0.1) is 0 Å². The Morgan fingerprint density at radius 1 is 1.37 bits per heavy atom. The first-order valence-corrected chi connectivity index (χ1v) is 6.13. The fourth-order valence-electron chi connectivity index (χ4n) is 1.67. The second kappa shape index (κ2) is 6.60. The van der Waals surface area contributed by atoms with E-state index in [1.165, 1.54) is 0 Å². The highest BCUT2D eigenvalue weighted by Gasteiger charge is 2.44. The Hall–Kier alpha value is -0.770. The summed E-state index contributed by atoms with van der Waals surface area (Å²) in [6, 6.07) is -1.95. The smallest absolute Gasteiger partial charge is 0.325 e. The number of aliphatic hydroxyl groups is 3. The Balaban J connectivity index is 2.69. The molecular weight excluding hydrogens is 256 g/mol. The summed E-state index contributed by atoms with van der Waals surface area (Å²) in [4.78, 5) is 11.7. The molecule has 0 aromatic carbocycles. The first kappa shape index (κ1) is 16.3. The van der Waals surface area contributed by atoms with Crippen molar-refractivity contribution >= 4 is 5.97 Å². The molecule has 6 atom stereocenters. The maximum Gasteiger partial charge on any atom is 0.325 e. The lowest BCUT2D eigenvalue weighted by Gasteiger charge is -2.40. The van der Waals surface area contributed by atoms with Gasteiger partial charge in [-0.05, 0) is 5.92 Å². The van der Waals surface area contributed by atoms with Crippen LogP contribution in [0.3, 0.4) is 0 Å². The average Bonchev–Trinajstić information content (AvgIpc) is 2.38. The number of rotatable bonds is 4. The van der Waals surface area contributed by atoms with E-state index in [-0.39, 0.29) is 5.92 Å². The van der Waals surface area contributed by atoms with E-state index in [2.05, 4.69) is 0 Å². The van der Waals surface area contributed by atoms with E-state index in [0.29, 0.717) is 0 Å². The van der Waals surface area contributed by atoms with Crippen molar-refractivity contribution in [2.24, 2.45) is 17.4 Å². The number of hydrogen-bond acceptors (Lipinski definition) is 8. The Kier molecular flexibility index (Phi) is 5.65. The molecule has 1 rings (SSSR count). The molecule has 0 radical (unpaired) electrons. The summed E-state index contributed by atoms with van der Waals surface area (Å²) >= 11 is 0. The number of carbonyl (C=O) groups is 1. The highest BCUT2D eigenvalue weighted by Crippen LogP contribution is 2.21. The second-order valence-electron chi connectivity index (χ2n) is 4.99. The molecule has 0 saturated carbocycles. The summed E-state index contributed by atoms with van der Waals surface area (Å²) < 4.78 is 10.1.